The monoisotopic (exact) mass is 276 g/mol. The van der Waals surface area contributed by atoms with E-state index in [4.69, 9.17) is 0 Å². The number of fused-ring (bicyclic) bond motifs is 1. The summed E-state index contributed by atoms with van der Waals surface area (Å²) >= 11 is 1.71. The Balaban J connectivity index is 1.60. The zero-order valence-corrected chi connectivity index (χ0v) is 11.7. The Kier molecular flexibility index (Phi) is 3.33. The SMILES string of the molecule is Cc1nnc2n1CCN(C(=O)CCc1cccs1)C2. The van der Waals surface area contributed by atoms with Gasteiger partial charge < -0.3 is 9.47 Å². The van der Waals surface area contributed by atoms with Crippen molar-refractivity contribution in [1.29, 1.82) is 0 Å². The predicted octanol–water partition coefficient (Wildman–Crippen LogP) is 1.62. The number of carbonyl (C=O) groups excluding carboxylic acids is 1. The molecule has 0 spiro atoms. The number of hydrogen-bond donors (Lipinski definition) is 0. The predicted molar refractivity (Wildman–Crippen MR) is 72.8 cm³/mol. The summed E-state index contributed by atoms with van der Waals surface area (Å²) in [5, 5.41) is 10.2. The van der Waals surface area contributed by atoms with Crippen LogP contribution in [-0.2, 0) is 24.3 Å². The van der Waals surface area contributed by atoms with Crippen LogP contribution in [0, 0.1) is 6.92 Å². The van der Waals surface area contributed by atoms with E-state index in [0.29, 0.717) is 13.0 Å². The summed E-state index contributed by atoms with van der Waals surface area (Å²) in [5.74, 6) is 2.04. The zero-order chi connectivity index (χ0) is 13.2. The highest BCUT2D eigenvalue weighted by Crippen LogP contribution is 2.15. The van der Waals surface area contributed by atoms with E-state index < -0.39 is 0 Å². The molecule has 1 aliphatic rings. The first-order valence-corrected chi connectivity index (χ1v) is 7.31. The van der Waals surface area contributed by atoms with Gasteiger partial charge in [-0.2, -0.15) is 0 Å². The van der Waals surface area contributed by atoms with Gasteiger partial charge in [0.1, 0.15) is 5.82 Å². The summed E-state index contributed by atoms with van der Waals surface area (Å²) in [7, 11) is 0. The summed E-state index contributed by atoms with van der Waals surface area (Å²) < 4.78 is 2.09. The van der Waals surface area contributed by atoms with Crippen LogP contribution >= 0.6 is 11.3 Å². The van der Waals surface area contributed by atoms with Crippen LogP contribution in [0.5, 0.6) is 0 Å². The minimum absolute atomic E-state index is 0.209. The maximum absolute atomic E-state index is 12.2. The molecule has 0 N–H and O–H groups in total. The van der Waals surface area contributed by atoms with Crippen molar-refractivity contribution < 1.29 is 4.79 Å². The van der Waals surface area contributed by atoms with Crippen molar-refractivity contribution in [3.05, 3.63) is 34.0 Å². The summed E-state index contributed by atoms with van der Waals surface area (Å²) in [6, 6.07) is 4.10. The molecule has 0 radical (unpaired) electrons. The minimum Gasteiger partial charge on any atom is -0.333 e. The summed E-state index contributed by atoms with van der Waals surface area (Å²) in [6.45, 7) is 4.10. The van der Waals surface area contributed by atoms with E-state index in [0.717, 1.165) is 31.2 Å². The van der Waals surface area contributed by atoms with Crippen LogP contribution in [0.25, 0.3) is 0 Å². The van der Waals surface area contributed by atoms with Gasteiger partial charge in [0.05, 0.1) is 6.54 Å². The van der Waals surface area contributed by atoms with E-state index in [1.54, 1.807) is 11.3 Å². The standard InChI is InChI=1S/C13H16N4OS/c1-10-14-15-12-9-16(6-7-17(10)12)13(18)5-4-11-3-2-8-19-11/h2-3,8H,4-7,9H2,1H3. The van der Waals surface area contributed by atoms with Gasteiger partial charge in [-0.25, -0.2) is 0 Å². The Bertz CT molecular complexity index is 575. The zero-order valence-electron chi connectivity index (χ0n) is 10.9. The number of aryl methyl sites for hydroxylation is 2. The number of carbonyl (C=O) groups is 1. The second kappa shape index (κ2) is 5.13. The first kappa shape index (κ1) is 12.3. The number of nitrogens with zero attached hydrogens (tertiary/aromatic N) is 4. The lowest BCUT2D eigenvalue weighted by molar-refractivity contribution is -0.132. The molecule has 0 bridgehead atoms. The van der Waals surface area contributed by atoms with Gasteiger partial charge in [0.2, 0.25) is 5.91 Å². The van der Waals surface area contributed by atoms with Crippen LogP contribution in [0.15, 0.2) is 17.5 Å². The van der Waals surface area contributed by atoms with Gasteiger partial charge in [0, 0.05) is 24.4 Å². The highest BCUT2D eigenvalue weighted by Gasteiger charge is 2.22. The number of aromatic nitrogens is 3. The normalized spacial score (nSPS) is 14.5. The number of rotatable bonds is 3. The first-order valence-electron chi connectivity index (χ1n) is 6.43. The molecule has 2 aromatic heterocycles. The number of hydrogen-bond acceptors (Lipinski definition) is 4. The molecule has 5 nitrogen and oxygen atoms in total. The second-order valence-electron chi connectivity index (χ2n) is 4.71. The van der Waals surface area contributed by atoms with E-state index in [1.807, 2.05) is 23.3 Å². The molecule has 0 saturated heterocycles. The quantitative estimate of drug-likeness (QED) is 0.856. The van der Waals surface area contributed by atoms with E-state index in [1.165, 1.54) is 4.88 Å². The molecule has 1 amide bonds. The summed E-state index contributed by atoms with van der Waals surface area (Å²) in [6.07, 6.45) is 1.41. The molecule has 0 saturated carbocycles. The maximum Gasteiger partial charge on any atom is 0.223 e. The topological polar surface area (TPSA) is 51.0 Å². The lowest BCUT2D eigenvalue weighted by atomic mass is 10.2. The average Bonchev–Trinajstić information content (AvgIpc) is 3.06. The summed E-state index contributed by atoms with van der Waals surface area (Å²) in [4.78, 5) is 15.3. The van der Waals surface area contributed by atoms with Crippen molar-refractivity contribution in [2.45, 2.75) is 32.9 Å². The largest absolute Gasteiger partial charge is 0.333 e. The highest BCUT2D eigenvalue weighted by atomic mass is 32.1. The van der Waals surface area contributed by atoms with Gasteiger partial charge in [-0.05, 0) is 24.8 Å². The fourth-order valence-corrected chi connectivity index (χ4v) is 3.07. The van der Waals surface area contributed by atoms with Crippen LogP contribution in [0.2, 0.25) is 0 Å². The smallest absolute Gasteiger partial charge is 0.223 e. The molecule has 100 valence electrons. The molecule has 3 heterocycles. The third-order valence-corrected chi connectivity index (χ3v) is 4.39. The molecule has 19 heavy (non-hydrogen) atoms. The van der Waals surface area contributed by atoms with Crippen LogP contribution in [0.1, 0.15) is 22.9 Å². The fourth-order valence-electron chi connectivity index (χ4n) is 2.36. The minimum atomic E-state index is 0.209. The molecular weight excluding hydrogens is 260 g/mol. The van der Waals surface area contributed by atoms with E-state index in [-0.39, 0.29) is 5.91 Å². The van der Waals surface area contributed by atoms with Crippen molar-refractivity contribution in [1.82, 2.24) is 19.7 Å². The third kappa shape index (κ3) is 2.53. The molecule has 0 unspecified atom stereocenters. The average molecular weight is 276 g/mol. The maximum atomic E-state index is 12.2. The molecule has 2 aromatic rings. The molecule has 6 heteroatoms. The van der Waals surface area contributed by atoms with Gasteiger partial charge in [0.15, 0.2) is 5.82 Å². The Labute approximate surface area is 115 Å². The van der Waals surface area contributed by atoms with Gasteiger partial charge in [-0.1, -0.05) is 6.07 Å². The Morgan fingerprint density at radius 1 is 1.42 bits per heavy atom. The van der Waals surface area contributed by atoms with Crippen molar-refractivity contribution in [2.24, 2.45) is 0 Å². The van der Waals surface area contributed by atoms with Crippen LogP contribution < -0.4 is 0 Å². The van der Waals surface area contributed by atoms with Gasteiger partial charge in [-0.15, -0.1) is 21.5 Å². The summed E-state index contributed by atoms with van der Waals surface area (Å²) in [5.41, 5.74) is 0. The molecule has 1 aliphatic heterocycles. The number of amides is 1. The van der Waals surface area contributed by atoms with Crippen molar-refractivity contribution in [3.8, 4) is 0 Å². The van der Waals surface area contributed by atoms with Crippen LogP contribution in [0.3, 0.4) is 0 Å². The van der Waals surface area contributed by atoms with E-state index in [9.17, 15) is 4.79 Å². The molecule has 3 rings (SSSR count). The van der Waals surface area contributed by atoms with Crippen molar-refractivity contribution >= 4 is 17.2 Å². The second-order valence-corrected chi connectivity index (χ2v) is 5.74. The van der Waals surface area contributed by atoms with Gasteiger partial charge in [0.25, 0.3) is 0 Å². The third-order valence-electron chi connectivity index (χ3n) is 3.46. The highest BCUT2D eigenvalue weighted by molar-refractivity contribution is 7.09. The lowest BCUT2D eigenvalue weighted by Crippen LogP contribution is -2.38. The van der Waals surface area contributed by atoms with Crippen molar-refractivity contribution in [2.75, 3.05) is 6.54 Å². The Morgan fingerprint density at radius 3 is 3.11 bits per heavy atom. The molecule has 0 fully saturated rings. The van der Waals surface area contributed by atoms with Crippen LogP contribution in [-0.4, -0.2) is 32.1 Å². The fraction of sp³-hybridized carbons (Fsp3) is 0.462. The van der Waals surface area contributed by atoms with Crippen LogP contribution in [0.4, 0.5) is 0 Å². The van der Waals surface area contributed by atoms with Crippen molar-refractivity contribution in [3.63, 3.8) is 0 Å². The Morgan fingerprint density at radius 2 is 2.32 bits per heavy atom. The first-order chi connectivity index (χ1) is 9.24. The molecular formula is C13H16N4OS. The van der Waals surface area contributed by atoms with E-state index in [2.05, 4.69) is 20.8 Å². The number of thiophene rings is 1. The molecule has 0 atom stereocenters. The van der Waals surface area contributed by atoms with Gasteiger partial charge in [-0.3, -0.25) is 4.79 Å². The molecule has 0 aromatic carbocycles. The van der Waals surface area contributed by atoms with E-state index >= 15 is 0 Å². The Hall–Kier alpha value is -1.69. The lowest BCUT2D eigenvalue weighted by Gasteiger charge is -2.27. The van der Waals surface area contributed by atoms with Gasteiger partial charge >= 0.3 is 0 Å². The molecule has 0 aliphatic carbocycles.